The molecule has 0 aromatic heterocycles. The van der Waals surface area contributed by atoms with Crippen molar-refractivity contribution in [3.63, 3.8) is 0 Å². The van der Waals surface area contributed by atoms with E-state index in [2.05, 4.69) is 6.92 Å². The number of nitrogens with zero attached hydrogens (tertiary/aromatic N) is 1. The molecule has 166 valence electrons. The van der Waals surface area contributed by atoms with Gasteiger partial charge in [-0.05, 0) is 13.0 Å². The Labute approximate surface area is 172 Å². The smallest absolute Gasteiger partial charge is 0.317 e. The van der Waals surface area contributed by atoms with Crippen LogP contribution in [0.1, 0.15) is 116 Å². The second-order valence-electron chi connectivity index (χ2n) is 8.12. The van der Waals surface area contributed by atoms with Gasteiger partial charge in [-0.1, -0.05) is 103 Å². The molecular weight excluding hydrogens is 354 g/mol. The highest BCUT2D eigenvalue weighted by Gasteiger charge is 2.10. The summed E-state index contributed by atoms with van der Waals surface area (Å²) in [4.78, 5) is 23.2. The van der Waals surface area contributed by atoms with E-state index in [1.165, 1.54) is 89.9 Å². The zero-order valence-electron chi connectivity index (χ0n) is 18.3. The number of carboxylic acids is 2. The third-order valence-corrected chi connectivity index (χ3v) is 5.33. The number of carbonyl (C=O) groups is 2. The first-order valence-corrected chi connectivity index (χ1v) is 11.7. The summed E-state index contributed by atoms with van der Waals surface area (Å²) in [5.41, 5.74) is 0. The number of unbranched alkanes of at least 4 members (excludes halogenated alkanes) is 15. The van der Waals surface area contributed by atoms with Crippen molar-refractivity contribution in [1.29, 1.82) is 0 Å². The molecule has 0 atom stereocenters. The molecule has 0 aliphatic heterocycles. The van der Waals surface area contributed by atoms with Crippen molar-refractivity contribution in [3.05, 3.63) is 0 Å². The number of carboxylic acid groups (broad SMARTS) is 2. The largest absolute Gasteiger partial charge is 0.481 e. The Morgan fingerprint density at radius 3 is 1.32 bits per heavy atom. The minimum absolute atomic E-state index is 0.00609. The Morgan fingerprint density at radius 1 is 0.571 bits per heavy atom. The minimum atomic E-state index is -0.887. The molecule has 0 aromatic carbocycles. The zero-order chi connectivity index (χ0) is 20.9. The molecule has 0 amide bonds. The Kier molecular flexibility index (Phi) is 19.8. The molecule has 5 heteroatoms. The first-order valence-electron chi connectivity index (χ1n) is 11.7. The predicted octanol–water partition coefficient (Wildman–Crippen LogP) is 6.11. The molecule has 0 saturated heterocycles. The van der Waals surface area contributed by atoms with Crippen LogP contribution in [0.15, 0.2) is 0 Å². The van der Waals surface area contributed by atoms with E-state index in [4.69, 9.17) is 10.2 Å². The van der Waals surface area contributed by atoms with Crippen molar-refractivity contribution in [1.82, 2.24) is 4.90 Å². The molecular formula is C23H45NO4. The summed E-state index contributed by atoms with van der Waals surface area (Å²) in [5.74, 6) is -1.76. The Hall–Kier alpha value is -1.10. The summed E-state index contributed by atoms with van der Waals surface area (Å²) in [7, 11) is 0. The lowest BCUT2D eigenvalue weighted by Crippen LogP contribution is -2.32. The van der Waals surface area contributed by atoms with Crippen LogP contribution in [0.5, 0.6) is 0 Å². The summed E-state index contributed by atoms with van der Waals surface area (Å²) < 4.78 is 0. The molecule has 0 fully saturated rings. The zero-order valence-corrected chi connectivity index (χ0v) is 18.3. The molecule has 0 radical (unpaired) electrons. The van der Waals surface area contributed by atoms with Crippen molar-refractivity contribution in [2.45, 2.75) is 116 Å². The molecule has 5 nitrogen and oxygen atoms in total. The fourth-order valence-corrected chi connectivity index (χ4v) is 3.60. The molecule has 28 heavy (non-hydrogen) atoms. The van der Waals surface area contributed by atoms with Gasteiger partial charge in [0.1, 0.15) is 0 Å². The summed E-state index contributed by atoms with van der Waals surface area (Å²) >= 11 is 0. The van der Waals surface area contributed by atoms with Gasteiger partial charge in [0.2, 0.25) is 0 Å². The summed E-state index contributed by atoms with van der Waals surface area (Å²) in [6, 6.07) is 0. The highest BCUT2D eigenvalue weighted by molar-refractivity contribution is 5.69. The molecule has 0 aromatic rings. The van der Waals surface area contributed by atoms with E-state index in [9.17, 15) is 9.59 Å². The molecule has 0 aliphatic rings. The van der Waals surface area contributed by atoms with Gasteiger partial charge in [0.05, 0.1) is 13.0 Å². The molecule has 0 bridgehead atoms. The first kappa shape index (κ1) is 26.9. The van der Waals surface area contributed by atoms with Gasteiger partial charge in [0, 0.05) is 6.54 Å². The van der Waals surface area contributed by atoms with E-state index in [-0.39, 0.29) is 13.0 Å². The molecule has 0 heterocycles. The van der Waals surface area contributed by atoms with Crippen molar-refractivity contribution < 1.29 is 19.8 Å². The summed E-state index contributed by atoms with van der Waals surface area (Å²) in [6.07, 6.45) is 21.1. The van der Waals surface area contributed by atoms with Crippen LogP contribution in [0, 0.1) is 0 Å². The predicted molar refractivity (Wildman–Crippen MR) is 116 cm³/mol. The second kappa shape index (κ2) is 20.6. The Bertz CT molecular complexity index is 374. The van der Waals surface area contributed by atoms with Crippen LogP contribution in [0.2, 0.25) is 0 Å². The van der Waals surface area contributed by atoms with Crippen molar-refractivity contribution in [3.8, 4) is 0 Å². The number of rotatable bonds is 22. The van der Waals surface area contributed by atoms with Crippen molar-refractivity contribution in [2.75, 3.05) is 19.6 Å². The number of hydrogen-bond acceptors (Lipinski definition) is 3. The Morgan fingerprint density at radius 2 is 0.964 bits per heavy atom. The average Bonchev–Trinajstić information content (AvgIpc) is 2.65. The van der Waals surface area contributed by atoms with Crippen LogP contribution in [-0.2, 0) is 9.59 Å². The molecule has 0 spiro atoms. The average molecular weight is 400 g/mol. The molecule has 0 rings (SSSR count). The fraction of sp³-hybridized carbons (Fsp3) is 0.913. The SMILES string of the molecule is CCCCCCCCCCCCCCCCCCN(CCC(=O)O)CC(=O)O. The van der Waals surface area contributed by atoms with Crippen LogP contribution in [0.25, 0.3) is 0 Å². The lowest BCUT2D eigenvalue weighted by molar-refractivity contribution is -0.141. The second-order valence-corrected chi connectivity index (χ2v) is 8.12. The van der Waals surface area contributed by atoms with E-state index in [0.29, 0.717) is 13.1 Å². The van der Waals surface area contributed by atoms with Gasteiger partial charge in [-0.2, -0.15) is 0 Å². The number of aliphatic carboxylic acids is 2. The van der Waals surface area contributed by atoms with Gasteiger partial charge in [-0.3, -0.25) is 14.5 Å². The monoisotopic (exact) mass is 399 g/mol. The van der Waals surface area contributed by atoms with Crippen molar-refractivity contribution >= 4 is 11.9 Å². The normalized spacial score (nSPS) is 11.2. The molecule has 2 N–H and O–H groups in total. The highest BCUT2D eigenvalue weighted by Crippen LogP contribution is 2.13. The van der Waals surface area contributed by atoms with Crippen LogP contribution >= 0.6 is 0 Å². The Balaban J connectivity index is 3.37. The third-order valence-electron chi connectivity index (χ3n) is 5.33. The summed E-state index contributed by atoms with van der Waals surface area (Å²) in [5, 5.41) is 17.6. The van der Waals surface area contributed by atoms with Gasteiger partial charge < -0.3 is 10.2 Å². The maximum atomic E-state index is 10.8. The molecule has 0 aliphatic carbocycles. The van der Waals surface area contributed by atoms with E-state index < -0.39 is 11.9 Å². The lowest BCUT2D eigenvalue weighted by Gasteiger charge is -2.19. The van der Waals surface area contributed by atoms with Crippen LogP contribution in [0.3, 0.4) is 0 Å². The lowest BCUT2D eigenvalue weighted by atomic mass is 10.0. The van der Waals surface area contributed by atoms with E-state index >= 15 is 0 Å². The van der Waals surface area contributed by atoms with E-state index in [1.807, 2.05) is 0 Å². The maximum Gasteiger partial charge on any atom is 0.317 e. The van der Waals surface area contributed by atoms with Crippen LogP contribution in [0.4, 0.5) is 0 Å². The van der Waals surface area contributed by atoms with Gasteiger partial charge >= 0.3 is 11.9 Å². The van der Waals surface area contributed by atoms with E-state index in [0.717, 1.165) is 12.8 Å². The standard InChI is InChI=1S/C23H45NO4/c1-2-3-4-5-6-7-8-9-10-11-12-13-14-15-16-17-19-24(21-23(27)28)20-18-22(25)26/h2-21H2,1H3,(H,25,26)(H,27,28). The highest BCUT2D eigenvalue weighted by atomic mass is 16.4. The number of hydrogen-bond donors (Lipinski definition) is 2. The van der Waals surface area contributed by atoms with Gasteiger partial charge in [0.15, 0.2) is 0 Å². The van der Waals surface area contributed by atoms with Crippen LogP contribution < -0.4 is 0 Å². The molecule has 0 saturated carbocycles. The van der Waals surface area contributed by atoms with Gasteiger partial charge in [-0.15, -0.1) is 0 Å². The minimum Gasteiger partial charge on any atom is -0.481 e. The third kappa shape index (κ3) is 21.2. The van der Waals surface area contributed by atoms with Gasteiger partial charge in [-0.25, -0.2) is 0 Å². The fourth-order valence-electron chi connectivity index (χ4n) is 3.60. The maximum absolute atomic E-state index is 10.8. The first-order chi connectivity index (χ1) is 13.6. The van der Waals surface area contributed by atoms with E-state index in [1.54, 1.807) is 4.90 Å². The topological polar surface area (TPSA) is 77.8 Å². The summed E-state index contributed by atoms with van der Waals surface area (Å²) in [6.45, 7) is 3.20. The quantitative estimate of drug-likeness (QED) is 0.215. The molecule has 0 unspecified atom stereocenters. The van der Waals surface area contributed by atoms with Gasteiger partial charge in [0.25, 0.3) is 0 Å². The van der Waals surface area contributed by atoms with Crippen LogP contribution in [-0.4, -0.2) is 46.7 Å². The van der Waals surface area contributed by atoms with Crippen molar-refractivity contribution in [2.24, 2.45) is 0 Å².